The molecular weight excluding hydrogens is 152 g/mol. The van der Waals surface area contributed by atoms with Crippen LogP contribution in [0.1, 0.15) is 41.0 Å². The Kier molecular flexibility index (Phi) is 35.0. The molecule has 0 nitrogen and oxygen atoms in total. The van der Waals surface area contributed by atoms with Gasteiger partial charge < -0.3 is 0 Å². The summed E-state index contributed by atoms with van der Waals surface area (Å²) in [6.45, 7) is 13.7. The van der Waals surface area contributed by atoms with E-state index in [1.165, 1.54) is 6.42 Å². The highest BCUT2D eigenvalue weighted by Crippen LogP contribution is 1.97. The van der Waals surface area contributed by atoms with Crippen LogP contribution in [0.25, 0.3) is 0 Å². The maximum absolute atomic E-state index is 3.97. The van der Waals surface area contributed by atoms with Crippen LogP contribution in [-0.4, -0.2) is 0 Å². The lowest BCUT2D eigenvalue weighted by atomic mass is 10.5. The fraction of sp³-hybridized carbons (Fsp3) is 0.600. The molecule has 0 spiro atoms. The van der Waals surface area contributed by atoms with Crippen LogP contribution in [0.3, 0.4) is 0 Å². The van der Waals surface area contributed by atoms with E-state index in [4.69, 9.17) is 0 Å². The normalized spacial score (nSPS) is 8.36. The third-order valence-corrected chi connectivity index (χ3v) is 0.946. The molecule has 68 valence electrons. The Morgan fingerprint density at radius 3 is 1.64 bits per heavy atom. The van der Waals surface area contributed by atoms with Crippen molar-refractivity contribution < 1.29 is 0 Å². The highest BCUT2D eigenvalue weighted by atomic mass is 32.1. The van der Waals surface area contributed by atoms with Gasteiger partial charge in [0.1, 0.15) is 0 Å². The Morgan fingerprint density at radius 2 is 1.64 bits per heavy atom. The zero-order valence-corrected chi connectivity index (χ0v) is 9.41. The fourth-order valence-corrected chi connectivity index (χ4v) is 0.118. The van der Waals surface area contributed by atoms with Crippen molar-refractivity contribution in [2.45, 2.75) is 41.0 Å². The molecule has 0 radical (unpaired) electrons. The van der Waals surface area contributed by atoms with Gasteiger partial charge in [0, 0.05) is 0 Å². The first kappa shape index (κ1) is 17.1. The van der Waals surface area contributed by atoms with Gasteiger partial charge in [0.25, 0.3) is 0 Å². The minimum absolute atomic E-state index is 0.926. The number of hydrogen-bond donors (Lipinski definition) is 1. The van der Waals surface area contributed by atoms with Crippen LogP contribution < -0.4 is 0 Å². The summed E-state index contributed by atoms with van der Waals surface area (Å²) in [7, 11) is 0. The predicted molar refractivity (Wildman–Crippen MR) is 60.3 cm³/mol. The second-order valence-corrected chi connectivity index (χ2v) is 2.14. The Labute approximate surface area is 77.8 Å². The summed E-state index contributed by atoms with van der Waals surface area (Å²) in [5.74, 6) is 0. The van der Waals surface area contributed by atoms with Gasteiger partial charge in [-0.2, -0.15) is 0 Å². The summed E-state index contributed by atoms with van der Waals surface area (Å²) in [6, 6.07) is 0. The van der Waals surface area contributed by atoms with E-state index < -0.39 is 0 Å². The molecule has 0 amide bonds. The summed E-state index contributed by atoms with van der Waals surface area (Å²) < 4.78 is 0. The highest BCUT2D eigenvalue weighted by Gasteiger charge is 1.67. The van der Waals surface area contributed by atoms with Gasteiger partial charge in [-0.3, -0.25) is 0 Å². The minimum Gasteiger partial charge on any atom is -0.144 e. The standard InChI is InChI=1S/C5H8S.C3H8.C2H6/c1-3-5(6)4-2;1-3-2;1-2/h3-4,6H,1H2,2H3;3H2,1-2H3;1-2H3/b5-4+;;. The molecule has 11 heavy (non-hydrogen) atoms. The van der Waals surface area contributed by atoms with Crippen molar-refractivity contribution in [2.75, 3.05) is 0 Å². The van der Waals surface area contributed by atoms with Gasteiger partial charge in [0.05, 0.1) is 0 Å². The summed E-state index contributed by atoms with van der Waals surface area (Å²) in [5.41, 5.74) is 0. The molecule has 0 aromatic rings. The molecule has 0 saturated carbocycles. The van der Waals surface area contributed by atoms with Crippen LogP contribution in [0.5, 0.6) is 0 Å². The Balaban J connectivity index is -0.000000109. The van der Waals surface area contributed by atoms with Crippen molar-refractivity contribution in [3.05, 3.63) is 23.6 Å². The highest BCUT2D eigenvalue weighted by molar-refractivity contribution is 7.84. The van der Waals surface area contributed by atoms with Crippen LogP contribution in [0.2, 0.25) is 0 Å². The van der Waals surface area contributed by atoms with Crippen LogP contribution in [-0.2, 0) is 0 Å². The van der Waals surface area contributed by atoms with Gasteiger partial charge >= 0.3 is 0 Å². The summed E-state index contributed by atoms with van der Waals surface area (Å²) in [6.07, 6.45) is 4.83. The van der Waals surface area contributed by atoms with Gasteiger partial charge in [-0.1, -0.05) is 52.8 Å². The molecule has 0 aromatic carbocycles. The van der Waals surface area contributed by atoms with Gasteiger partial charge in [0.2, 0.25) is 0 Å². The topological polar surface area (TPSA) is 0 Å². The van der Waals surface area contributed by atoms with Crippen LogP contribution in [0, 0.1) is 0 Å². The maximum Gasteiger partial charge on any atom is -0.000867 e. The van der Waals surface area contributed by atoms with Crippen molar-refractivity contribution in [2.24, 2.45) is 0 Å². The van der Waals surface area contributed by atoms with Crippen molar-refractivity contribution >= 4 is 12.6 Å². The van der Waals surface area contributed by atoms with Crippen LogP contribution >= 0.6 is 12.6 Å². The summed E-state index contributed by atoms with van der Waals surface area (Å²) in [5, 5.41) is 0. The molecule has 0 aromatic heterocycles. The molecular formula is C10H22S. The van der Waals surface area contributed by atoms with Crippen LogP contribution in [0.4, 0.5) is 0 Å². The average Bonchev–Trinajstić information content (AvgIpc) is 2.08. The monoisotopic (exact) mass is 174 g/mol. The van der Waals surface area contributed by atoms with Crippen molar-refractivity contribution in [1.82, 2.24) is 0 Å². The molecule has 0 atom stereocenters. The third kappa shape index (κ3) is 41.1. The van der Waals surface area contributed by atoms with E-state index in [0.717, 1.165) is 4.91 Å². The van der Waals surface area contributed by atoms with E-state index in [-0.39, 0.29) is 0 Å². The smallest absolute Gasteiger partial charge is 0.000867 e. The van der Waals surface area contributed by atoms with Gasteiger partial charge in [-0.25, -0.2) is 0 Å². The lowest BCUT2D eigenvalue weighted by Crippen LogP contribution is -1.51. The first-order valence-electron chi connectivity index (χ1n) is 4.20. The Morgan fingerprint density at radius 1 is 1.36 bits per heavy atom. The number of allylic oxidation sites excluding steroid dienone is 2. The summed E-state index contributed by atoms with van der Waals surface area (Å²) >= 11 is 3.97. The molecule has 0 unspecified atom stereocenters. The molecule has 0 aliphatic rings. The molecule has 0 N–H and O–H groups in total. The maximum atomic E-state index is 3.97. The molecule has 0 aliphatic carbocycles. The third-order valence-electron chi connectivity index (χ3n) is 0.505. The molecule has 1 heteroatoms. The quantitative estimate of drug-likeness (QED) is 0.441. The first-order valence-corrected chi connectivity index (χ1v) is 4.65. The van der Waals surface area contributed by atoms with E-state index in [9.17, 15) is 0 Å². The van der Waals surface area contributed by atoms with E-state index in [0.29, 0.717) is 0 Å². The first-order chi connectivity index (χ1) is 5.22. The second kappa shape index (κ2) is 22.5. The van der Waals surface area contributed by atoms with Crippen molar-refractivity contribution in [1.29, 1.82) is 0 Å². The van der Waals surface area contributed by atoms with E-state index in [2.05, 4.69) is 33.1 Å². The fourth-order valence-electron chi connectivity index (χ4n) is 0.118. The van der Waals surface area contributed by atoms with Gasteiger partial charge in [-0.05, 0) is 11.8 Å². The van der Waals surface area contributed by atoms with Gasteiger partial charge in [-0.15, -0.1) is 12.6 Å². The minimum atomic E-state index is 0.926. The zero-order chi connectivity index (χ0) is 9.70. The Bertz CT molecular complexity index is 82.9. The molecule has 0 aliphatic heterocycles. The lowest BCUT2D eigenvalue weighted by Gasteiger charge is -1.77. The molecule has 0 saturated heterocycles. The van der Waals surface area contributed by atoms with Crippen molar-refractivity contribution in [3.8, 4) is 0 Å². The SMILES string of the molecule is C=C/C(S)=C\C.CC.CCC. The Hall–Kier alpha value is -0.170. The van der Waals surface area contributed by atoms with Gasteiger partial charge in [0.15, 0.2) is 0 Å². The molecule has 0 rings (SSSR count). The number of rotatable bonds is 1. The second-order valence-electron chi connectivity index (χ2n) is 1.62. The number of hydrogen-bond acceptors (Lipinski definition) is 1. The number of thiol groups is 1. The zero-order valence-electron chi connectivity index (χ0n) is 8.52. The molecule has 0 bridgehead atoms. The van der Waals surface area contributed by atoms with E-state index >= 15 is 0 Å². The largest absolute Gasteiger partial charge is 0.144 e. The van der Waals surface area contributed by atoms with E-state index in [1.54, 1.807) is 6.08 Å². The summed E-state index contributed by atoms with van der Waals surface area (Å²) in [4.78, 5) is 0.926. The van der Waals surface area contributed by atoms with E-state index in [1.807, 2.05) is 26.8 Å². The van der Waals surface area contributed by atoms with Crippen LogP contribution in [0.15, 0.2) is 23.6 Å². The predicted octanol–water partition coefficient (Wildman–Crippen LogP) is 4.45. The average molecular weight is 174 g/mol. The lowest BCUT2D eigenvalue weighted by molar-refractivity contribution is 1.09. The van der Waals surface area contributed by atoms with Crippen molar-refractivity contribution in [3.63, 3.8) is 0 Å². The molecule has 0 fully saturated rings. The molecule has 0 heterocycles.